The van der Waals surface area contributed by atoms with Gasteiger partial charge in [0.25, 0.3) is 5.91 Å². The minimum absolute atomic E-state index is 0.0401. The number of nitrogens with zero attached hydrogens (tertiary/aromatic N) is 1. The van der Waals surface area contributed by atoms with E-state index < -0.39 is 17.3 Å². The molecule has 2 aromatic rings. The Morgan fingerprint density at radius 1 is 1.29 bits per heavy atom. The van der Waals surface area contributed by atoms with Gasteiger partial charge in [-0.2, -0.15) is 0 Å². The fourth-order valence-electron chi connectivity index (χ4n) is 1.94. The number of pyridine rings is 1. The minimum atomic E-state index is -0.810. The average molecular weight is 289 g/mol. The normalized spacial score (nSPS) is 11.0. The van der Waals surface area contributed by atoms with Gasteiger partial charge in [0.1, 0.15) is 0 Å². The van der Waals surface area contributed by atoms with Crippen molar-refractivity contribution in [1.29, 1.82) is 0 Å². The third-order valence-corrected chi connectivity index (χ3v) is 3.13. The van der Waals surface area contributed by atoms with E-state index in [4.69, 9.17) is 5.21 Å². The number of hydrogen-bond donors (Lipinski definition) is 3. The molecule has 1 aromatic carbocycles. The molecule has 0 fully saturated rings. The highest BCUT2D eigenvalue weighted by Gasteiger charge is 2.22. The van der Waals surface area contributed by atoms with E-state index in [1.807, 2.05) is 44.2 Å². The molecule has 0 aliphatic rings. The number of rotatable bonds is 4. The second kappa shape index (κ2) is 5.88. The molecule has 2 rings (SSSR count). The molecule has 0 spiro atoms. The zero-order valence-corrected chi connectivity index (χ0v) is 11.7. The summed E-state index contributed by atoms with van der Waals surface area (Å²) in [6, 6.07) is 10.6. The summed E-state index contributed by atoms with van der Waals surface area (Å²) in [5, 5.41) is 11.5. The molecule has 110 valence electrons. The van der Waals surface area contributed by atoms with Gasteiger partial charge in [0.2, 0.25) is 0 Å². The monoisotopic (exact) mass is 289 g/mol. The Kier molecular flexibility index (Phi) is 4.18. The highest BCUT2D eigenvalue weighted by Crippen LogP contribution is 2.25. The average Bonchev–Trinajstić information content (AvgIpc) is 2.49. The van der Waals surface area contributed by atoms with Crippen LogP contribution in [0.25, 0.3) is 0 Å². The number of carbonyl (C=O) groups is 1. The molecule has 0 aliphatic heterocycles. The summed E-state index contributed by atoms with van der Waals surface area (Å²) in [7, 11) is 0. The van der Waals surface area contributed by atoms with Crippen LogP contribution in [0.4, 0.5) is 10.2 Å². The first-order valence-electron chi connectivity index (χ1n) is 6.38. The second-order valence-electron chi connectivity index (χ2n) is 5.11. The van der Waals surface area contributed by atoms with Crippen LogP contribution < -0.4 is 10.8 Å². The molecule has 3 N–H and O–H groups in total. The molecule has 0 saturated heterocycles. The number of aromatic nitrogens is 1. The molecule has 0 unspecified atom stereocenters. The van der Waals surface area contributed by atoms with Crippen LogP contribution in [0.3, 0.4) is 0 Å². The summed E-state index contributed by atoms with van der Waals surface area (Å²) in [6.45, 7) is 3.80. The molecule has 1 aromatic heterocycles. The Bertz CT molecular complexity index is 645. The van der Waals surface area contributed by atoms with E-state index in [1.54, 1.807) is 0 Å². The number of anilines is 1. The van der Waals surface area contributed by atoms with Crippen LogP contribution in [-0.2, 0) is 5.54 Å². The predicted octanol–water partition coefficient (Wildman–Crippen LogP) is 2.69. The van der Waals surface area contributed by atoms with Gasteiger partial charge in [0, 0.05) is 6.20 Å². The maximum atomic E-state index is 14.0. The lowest BCUT2D eigenvalue weighted by Crippen LogP contribution is -2.29. The van der Waals surface area contributed by atoms with Gasteiger partial charge in [0.15, 0.2) is 11.6 Å². The van der Waals surface area contributed by atoms with E-state index >= 15 is 0 Å². The molecule has 21 heavy (non-hydrogen) atoms. The van der Waals surface area contributed by atoms with Crippen molar-refractivity contribution in [2.45, 2.75) is 19.4 Å². The van der Waals surface area contributed by atoms with Crippen molar-refractivity contribution < 1.29 is 14.4 Å². The molecular weight excluding hydrogens is 273 g/mol. The lowest BCUT2D eigenvalue weighted by atomic mass is 9.94. The van der Waals surface area contributed by atoms with E-state index in [0.717, 1.165) is 11.6 Å². The summed E-state index contributed by atoms with van der Waals surface area (Å²) in [5.41, 5.74) is 1.82. The molecule has 1 heterocycles. The second-order valence-corrected chi connectivity index (χ2v) is 5.11. The summed E-state index contributed by atoms with van der Waals surface area (Å²) >= 11 is 0. The van der Waals surface area contributed by atoms with E-state index in [9.17, 15) is 9.18 Å². The highest BCUT2D eigenvalue weighted by molar-refractivity contribution is 5.93. The fraction of sp³-hybridized carbons (Fsp3) is 0.200. The first-order valence-corrected chi connectivity index (χ1v) is 6.38. The largest absolute Gasteiger partial charge is 0.359 e. The van der Waals surface area contributed by atoms with Gasteiger partial charge >= 0.3 is 0 Å². The lowest BCUT2D eigenvalue weighted by molar-refractivity contribution is 0.0705. The zero-order valence-electron chi connectivity index (χ0n) is 11.7. The smallest absolute Gasteiger partial charge is 0.276 e. The van der Waals surface area contributed by atoms with Gasteiger partial charge < -0.3 is 5.32 Å². The Morgan fingerprint density at radius 3 is 2.52 bits per heavy atom. The first-order chi connectivity index (χ1) is 9.94. The number of nitrogens with one attached hydrogen (secondary N) is 2. The molecule has 0 atom stereocenters. The van der Waals surface area contributed by atoms with E-state index in [2.05, 4.69) is 10.3 Å². The molecule has 0 bridgehead atoms. The predicted molar refractivity (Wildman–Crippen MR) is 76.5 cm³/mol. The van der Waals surface area contributed by atoms with Crippen LogP contribution in [0.2, 0.25) is 0 Å². The SMILES string of the molecule is CC(C)(Nc1ncc(C(=O)NO)cc1F)c1ccccc1. The topological polar surface area (TPSA) is 74.2 Å². The van der Waals surface area contributed by atoms with Crippen LogP contribution in [0.1, 0.15) is 29.8 Å². The molecule has 6 heteroatoms. The van der Waals surface area contributed by atoms with Gasteiger partial charge in [-0.05, 0) is 25.5 Å². The van der Waals surface area contributed by atoms with Crippen molar-refractivity contribution in [3.63, 3.8) is 0 Å². The minimum Gasteiger partial charge on any atom is -0.359 e. The highest BCUT2D eigenvalue weighted by atomic mass is 19.1. The Balaban J connectivity index is 2.26. The summed E-state index contributed by atoms with van der Waals surface area (Å²) < 4.78 is 14.0. The van der Waals surface area contributed by atoms with Crippen LogP contribution in [0.5, 0.6) is 0 Å². The maximum Gasteiger partial charge on any atom is 0.276 e. The van der Waals surface area contributed by atoms with Crippen LogP contribution >= 0.6 is 0 Å². The summed E-state index contributed by atoms with van der Waals surface area (Å²) in [5.74, 6) is -1.44. The van der Waals surface area contributed by atoms with Gasteiger partial charge in [-0.15, -0.1) is 0 Å². The van der Waals surface area contributed by atoms with Gasteiger partial charge in [-0.3, -0.25) is 10.0 Å². The molecule has 5 nitrogen and oxygen atoms in total. The maximum absolute atomic E-state index is 14.0. The lowest BCUT2D eigenvalue weighted by Gasteiger charge is -2.27. The Hall–Kier alpha value is -2.47. The van der Waals surface area contributed by atoms with Crippen molar-refractivity contribution in [3.05, 3.63) is 59.5 Å². The summed E-state index contributed by atoms with van der Waals surface area (Å²) in [6.07, 6.45) is 1.19. The van der Waals surface area contributed by atoms with E-state index in [-0.39, 0.29) is 11.4 Å². The van der Waals surface area contributed by atoms with Gasteiger partial charge in [-0.25, -0.2) is 14.9 Å². The van der Waals surface area contributed by atoms with Crippen LogP contribution in [0.15, 0.2) is 42.6 Å². The van der Waals surface area contributed by atoms with Gasteiger partial charge in [0.05, 0.1) is 11.1 Å². The van der Waals surface area contributed by atoms with Crippen LogP contribution in [-0.4, -0.2) is 16.1 Å². The third-order valence-electron chi connectivity index (χ3n) is 3.13. The van der Waals surface area contributed by atoms with Gasteiger partial charge in [-0.1, -0.05) is 30.3 Å². The third kappa shape index (κ3) is 3.35. The molecule has 1 amide bonds. The van der Waals surface area contributed by atoms with Crippen molar-refractivity contribution >= 4 is 11.7 Å². The number of hydroxylamine groups is 1. The quantitative estimate of drug-likeness (QED) is 0.597. The standard InChI is InChI=1S/C15H16FN3O2/c1-15(2,11-6-4-3-5-7-11)18-13-12(16)8-10(9-17-13)14(20)19-21/h3-9,21H,1-2H3,(H,17,18)(H,19,20). The zero-order chi connectivity index (χ0) is 15.5. The number of carbonyl (C=O) groups excluding carboxylic acids is 1. The molecule has 0 radical (unpaired) electrons. The number of benzene rings is 1. The van der Waals surface area contributed by atoms with Crippen molar-refractivity contribution in [2.75, 3.05) is 5.32 Å². The number of halogens is 1. The number of hydrogen-bond acceptors (Lipinski definition) is 4. The van der Waals surface area contributed by atoms with E-state index in [0.29, 0.717) is 0 Å². The van der Waals surface area contributed by atoms with Crippen molar-refractivity contribution in [2.24, 2.45) is 0 Å². The molecule has 0 aliphatic carbocycles. The van der Waals surface area contributed by atoms with Crippen molar-refractivity contribution in [1.82, 2.24) is 10.5 Å². The molecular formula is C15H16FN3O2. The Morgan fingerprint density at radius 2 is 1.95 bits per heavy atom. The van der Waals surface area contributed by atoms with Crippen LogP contribution in [0, 0.1) is 5.82 Å². The summed E-state index contributed by atoms with van der Waals surface area (Å²) in [4.78, 5) is 15.1. The molecule has 0 saturated carbocycles. The first kappa shape index (κ1) is 14.9. The van der Waals surface area contributed by atoms with E-state index in [1.165, 1.54) is 11.7 Å². The fourth-order valence-corrected chi connectivity index (χ4v) is 1.94. The number of amides is 1. The Labute approximate surface area is 121 Å². The van der Waals surface area contributed by atoms with Crippen molar-refractivity contribution in [3.8, 4) is 0 Å².